The van der Waals surface area contributed by atoms with Crippen molar-refractivity contribution in [2.45, 2.75) is 69.8 Å². The summed E-state index contributed by atoms with van der Waals surface area (Å²) in [6, 6.07) is 4.31. The van der Waals surface area contributed by atoms with E-state index in [-0.39, 0.29) is 47.9 Å². The van der Waals surface area contributed by atoms with E-state index in [1.165, 1.54) is 50.5 Å². The van der Waals surface area contributed by atoms with Gasteiger partial charge in [-0.25, -0.2) is 9.97 Å². The van der Waals surface area contributed by atoms with Crippen molar-refractivity contribution in [3.63, 3.8) is 0 Å². The van der Waals surface area contributed by atoms with Gasteiger partial charge in [0.1, 0.15) is 11.9 Å². The number of piperazine rings is 1. The van der Waals surface area contributed by atoms with Gasteiger partial charge in [-0.2, -0.15) is 13.2 Å². The zero-order valence-corrected chi connectivity index (χ0v) is 32.9. The third-order valence-corrected chi connectivity index (χ3v) is 12.9. The number of fused-ring (bicyclic) bond motifs is 3. The van der Waals surface area contributed by atoms with Gasteiger partial charge in [0.05, 0.1) is 28.6 Å². The highest BCUT2D eigenvalue weighted by molar-refractivity contribution is 7.14. The summed E-state index contributed by atoms with van der Waals surface area (Å²) in [6.07, 6.45) is 5.74. The predicted molar refractivity (Wildman–Crippen MR) is 216 cm³/mol. The number of ether oxygens (including phenoxy) is 1. The summed E-state index contributed by atoms with van der Waals surface area (Å²) in [5.41, 5.74) is 3.62. The van der Waals surface area contributed by atoms with E-state index in [1.807, 2.05) is 4.90 Å². The highest BCUT2D eigenvalue weighted by Crippen LogP contribution is 2.41. The number of aliphatic hydroxyl groups excluding tert-OH is 1. The molecule has 2 saturated heterocycles. The summed E-state index contributed by atoms with van der Waals surface area (Å²) in [4.78, 5) is 56.0. The number of benzene rings is 1. The van der Waals surface area contributed by atoms with E-state index < -0.39 is 30.3 Å². The van der Waals surface area contributed by atoms with Crippen molar-refractivity contribution in [1.29, 1.82) is 0 Å². The maximum atomic E-state index is 14.7. The Kier molecular flexibility index (Phi) is 11.1. The number of anilines is 5. The summed E-state index contributed by atoms with van der Waals surface area (Å²) >= 11 is 1.56. The molecule has 2 fully saturated rings. The molecule has 0 spiro atoms. The van der Waals surface area contributed by atoms with Crippen molar-refractivity contribution in [2.75, 3.05) is 59.8 Å². The molecule has 0 radical (unpaired) electrons. The van der Waals surface area contributed by atoms with Crippen LogP contribution in [0.4, 0.5) is 41.9 Å². The lowest BCUT2D eigenvalue weighted by atomic mass is 9.92. The van der Waals surface area contributed by atoms with Gasteiger partial charge in [0, 0.05) is 86.6 Å². The van der Waals surface area contributed by atoms with Crippen molar-refractivity contribution in [1.82, 2.24) is 19.4 Å². The lowest BCUT2D eigenvalue weighted by Crippen LogP contribution is -2.61. The lowest BCUT2D eigenvalue weighted by molar-refractivity contribution is -0.159. The fourth-order valence-electron chi connectivity index (χ4n) is 8.68. The van der Waals surface area contributed by atoms with Crippen LogP contribution in [0.3, 0.4) is 0 Å². The van der Waals surface area contributed by atoms with Crippen LogP contribution < -0.4 is 26.0 Å². The van der Waals surface area contributed by atoms with Gasteiger partial charge in [-0.1, -0.05) is 6.58 Å². The smallest absolute Gasteiger partial charge is 0.392 e. The number of nitrogens with one attached hydrogen (secondary N) is 2. The minimum absolute atomic E-state index is 0.00255. The van der Waals surface area contributed by atoms with E-state index in [0.717, 1.165) is 42.2 Å². The molecule has 3 N–H and O–H groups in total. The third kappa shape index (κ3) is 7.63. The van der Waals surface area contributed by atoms with E-state index in [0.29, 0.717) is 68.2 Å². The number of thiophene rings is 1. The lowest BCUT2D eigenvalue weighted by Gasteiger charge is -2.47. The van der Waals surface area contributed by atoms with E-state index in [4.69, 9.17) is 4.74 Å². The number of aryl methyl sites for hydroxylation is 2. The second-order valence-corrected chi connectivity index (χ2v) is 16.2. The number of nitrogens with zero attached hydrogens (tertiary/aromatic N) is 6. The van der Waals surface area contributed by atoms with Crippen LogP contribution in [-0.2, 0) is 42.4 Å². The van der Waals surface area contributed by atoms with Crippen molar-refractivity contribution in [3.8, 4) is 11.3 Å². The second-order valence-electron chi connectivity index (χ2n) is 15.1. The third-order valence-electron chi connectivity index (χ3n) is 11.6. The number of hydrogen-bond acceptors (Lipinski definition) is 11. The SMILES string of the molecule is C=CC(=O)Nc1cc(Nc2nc(-c3ccnc(N4CCc5c(sc6c5CCCC6)C4=O)c3CO)cn(C)c2=O)ccc1N1CCN(C2CCOCC2)CC1C(F)(F)F. The van der Waals surface area contributed by atoms with Crippen molar-refractivity contribution in [2.24, 2.45) is 7.05 Å². The van der Waals surface area contributed by atoms with Gasteiger partial charge in [-0.3, -0.25) is 24.2 Å². The number of alkyl halides is 3. The second kappa shape index (κ2) is 16.3. The van der Waals surface area contributed by atoms with Crippen molar-refractivity contribution < 1.29 is 32.6 Å². The van der Waals surface area contributed by atoms with Crippen LogP contribution in [0, 0.1) is 0 Å². The normalized spacial score (nSPS) is 19.1. The first kappa shape index (κ1) is 39.7. The molecule has 1 aliphatic carbocycles. The van der Waals surface area contributed by atoms with Crippen LogP contribution >= 0.6 is 11.3 Å². The van der Waals surface area contributed by atoms with Gasteiger partial charge in [-0.15, -0.1) is 11.3 Å². The summed E-state index contributed by atoms with van der Waals surface area (Å²) < 4.78 is 50.9. The van der Waals surface area contributed by atoms with Crippen LogP contribution in [0.1, 0.15) is 56.9 Å². The van der Waals surface area contributed by atoms with Gasteiger partial charge in [-0.05, 0) is 86.4 Å². The fourth-order valence-corrected chi connectivity index (χ4v) is 10.1. The minimum Gasteiger partial charge on any atom is -0.392 e. The number of carbonyl (C=O) groups is 2. The number of pyridine rings is 1. The van der Waals surface area contributed by atoms with Crippen molar-refractivity contribution >= 4 is 51.8 Å². The van der Waals surface area contributed by atoms with E-state index in [9.17, 15) is 32.7 Å². The summed E-state index contributed by atoms with van der Waals surface area (Å²) in [6.45, 7) is 4.71. The molecule has 2 amide bonds. The molecule has 3 aromatic heterocycles. The summed E-state index contributed by atoms with van der Waals surface area (Å²) in [5.74, 6) is -0.569. The van der Waals surface area contributed by atoms with E-state index in [2.05, 4.69) is 27.2 Å². The Labute approximate surface area is 337 Å². The molecule has 1 aromatic carbocycles. The summed E-state index contributed by atoms with van der Waals surface area (Å²) in [5, 5.41) is 16.4. The molecular formula is C41H45F3N8O5S. The van der Waals surface area contributed by atoms with Crippen LogP contribution in [0.5, 0.6) is 0 Å². The number of hydrogen-bond donors (Lipinski definition) is 3. The number of rotatable bonds is 9. The maximum Gasteiger partial charge on any atom is 0.409 e. The number of carbonyl (C=O) groups excluding carboxylic acids is 2. The molecule has 13 nitrogen and oxygen atoms in total. The molecule has 306 valence electrons. The first-order chi connectivity index (χ1) is 27.9. The Morgan fingerprint density at radius 1 is 1.09 bits per heavy atom. The van der Waals surface area contributed by atoms with Crippen LogP contribution in [0.15, 0.2) is 54.1 Å². The molecule has 1 unspecified atom stereocenters. The van der Waals surface area contributed by atoms with Gasteiger partial charge < -0.3 is 29.9 Å². The highest BCUT2D eigenvalue weighted by atomic mass is 32.1. The summed E-state index contributed by atoms with van der Waals surface area (Å²) in [7, 11) is 1.55. The number of aliphatic hydroxyl groups is 1. The van der Waals surface area contributed by atoms with E-state index in [1.54, 1.807) is 29.4 Å². The quantitative estimate of drug-likeness (QED) is 0.183. The topological polar surface area (TPSA) is 145 Å². The molecule has 4 aliphatic rings. The Morgan fingerprint density at radius 3 is 2.64 bits per heavy atom. The first-order valence-corrected chi connectivity index (χ1v) is 20.4. The molecule has 17 heteroatoms. The maximum absolute atomic E-state index is 14.7. The molecule has 58 heavy (non-hydrogen) atoms. The molecule has 0 saturated carbocycles. The zero-order chi connectivity index (χ0) is 40.7. The number of aromatic nitrogens is 3. The van der Waals surface area contributed by atoms with Crippen LogP contribution in [-0.4, -0.2) is 94.0 Å². The van der Waals surface area contributed by atoms with E-state index >= 15 is 0 Å². The van der Waals surface area contributed by atoms with Gasteiger partial charge in [0.15, 0.2) is 5.82 Å². The van der Waals surface area contributed by atoms with Crippen molar-refractivity contribution in [3.05, 3.63) is 86.1 Å². The number of amides is 2. The molecule has 6 heterocycles. The monoisotopic (exact) mass is 818 g/mol. The molecule has 1 atom stereocenters. The van der Waals surface area contributed by atoms with Gasteiger partial charge >= 0.3 is 6.18 Å². The molecule has 0 bridgehead atoms. The predicted octanol–water partition coefficient (Wildman–Crippen LogP) is 5.58. The Balaban J connectivity index is 1.10. The van der Waals surface area contributed by atoms with Crippen LogP contribution in [0.25, 0.3) is 11.3 Å². The largest absolute Gasteiger partial charge is 0.409 e. The average molecular weight is 819 g/mol. The highest BCUT2D eigenvalue weighted by Gasteiger charge is 2.48. The first-order valence-electron chi connectivity index (χ1n) is 19.6. The molecule has 8 rings (SSSR count). The zero-order valence-electron chi connectivity index (χ0n) is 32.1. The Hall–Kier alpha value is -5.10. The standard InChI is InChI=1S/C41H45F3N8O5S/c1-3-35(54)47-30-20-24(8-9-32(30)51-17-16-50(22-34(51)41(42,43)44)25-12-18-57-19-13-25)46-37-40(56)49(2)21-31(48-37)26-10-14-45-38(29(26)23-53)52-15-11-28-27-6-4-5-7-33(27)58-36(28)39(52)55/h3,8-10,14,20-21,25,34,53H,1,4-7,11-13,15-19,22-23H2,2H3,(H,46,48)(H,47,54). The molecule has 4 aromatic rings. The average Bonchev–Trinajstić information content (AvgIpc) is 3.62. The van der Waals surface area contributed by atoms with Gasteiger partial charge in [0.2, 0.25) is 5.91 Å². The molecule has 3 aliphatic heterocycles. The van der Waals surface area contributed by atoms with Crippen LogP contribution in [0.2, 0.25) is 0 Å². The Morgan fingerprint density at radius 2 is 1.88 bits per heavy atom. The Bertz CT molecular complexity index is 2310. The molecular weight excluding hydrogens is 774 g/mol. The minimum atomic E-state index is -4.56. The van der Waals surface area contributed by atoms with Gasteiger partial charge in [0.25, 0.3) is 11.5 Å². The fraction of sp³-hybridized carbons (Fsp3) is 0.439. The number of halogens is 3.